The summed E-state index contributed by atoms with van der Waals surface area (Å²) in [7, 11) is 0. The summed E-state index contributed by atoms with van der Waals surface area (Å²) in [4.78, 5) is 10.0. The summed E-state index contributed by atoms with van der Waals surface area (Å²) in [5.41, 5.74) is 3.58. The first-order valence-electron chi connectivity index (χ1n) is 3.00. The fraction of sp³-hybridized carbons (Fsp3) is 0.833. The third kappa shape index (κ3) is 3.40. The van der Waals surface area contributed by atoms with Gasteiger partial charge < -0.3 is 10.8 Å². The Morgan fingerprint density at radius 2 is 2.20 bits per heavy atom. The fourth-order valence-electron chi connectivity index (χ4n) is 0.431. The number of alkyl halides is 1. The lowest BCUT2D eigenvalue weighted by molar-refractivity contribution is -0.138. The number of aliphatic carboxylic acids is 1. The number of halogens is 1. The summed E-state index contributed by atoms with van der Waals surface area (Å²) in [6.07, 6.45) is -0.330. The molecule has 0 aromatic carbocycles. The number of carboxylic acid groups (broad SMARTS) is 1. The van der Waals surface area contributed by atoms with Crippen LogP contribution in [0, 0.1) is 0 Å². The Balaban J connectivity index is 3.85. The van der Waals surface area contributed by atoms with E-state index in [0.29, 0.717) is 0 Å². The van der Waals surface area contributed by atoms with E-state index < -0.39 is 17.7 Å². The van der Waals surface area contributed by atoms with Crippen LogP contribution < -0.4 is 5.73 Å². The summed E-state index contributed by atoms with van der Waals surface area (Å²) in [6, 6.07) is -0.926. The minimum Gasteiger partial charge on any atom is -0.481 e. The topological polar surface area (TPSA) is 63.3 Å². The Hall–Kier alpha value is -0.640. The minimum absolute atomic E-state index is 0.330. The average Bonchev–Trinajstić information content (AvgIpc) is 1.60. The molecule has 0 heterocycles. The van der Waals surface area contributed by atoms with Crippen molar-refractivity contribution >= 4 is 5.97 Å². The first-order chi connectivity index (χ1) is 4.34. The van der Waals surface area contributed by atoms with Gasteiger partial charge in [0.15, 0.2) is 0 Å². The van der Waals surface area contributed by atoms with Crippen LogP contribution >= 0.6 is 0 Å². The normalized spacial score (nSPS) is 14.8. The number of nitrogens with two attached hydrogens (primary N) is 1. The van der Waals surface area contributed by atoms with Crippen molar-refractivity contribution < 1.29 is 14.3 Å². The predicted molar refractivity (Wildman–Crippen MR) is 35.4 cm³/mol. The zero-order chi connectivity index (χ0) is 8.36. The molecule has 0 aliphatic carbocycles. The molecule has 0 aromatic heterocycles. The van der Waals surface area contributed by atoms with Gasteiger partial charge in [-0.3, -0.25) is 4.79 Å². The van der Waals surface area contributed by atoms with Crippen molar-refractivity contribution in [2.45, 2.75) is 32.0 Å². The molecule has 4 heteroatoms. The smallest absolute Gasteiger partial charge is 0.305 e. The van der Waals surface area contributed by atoms with Crippen molar-refractivity contribution in [3.63, 3.8) is 0 Å². The maximum Gasteiger partial charge on any atom is 0.305 e. The molecule has 0 aliphatic heterocycles. The molecule has 0 aliphatic rings. The summed E-state index contributed by atoms with van der Waals surface area (Å²) in [5, 5.41) is 8.20. The molecule has 3 N–H and O–H groups in total. The Kier molecular flexibility index (Phi) is 2.77. The van der Waals surface area contributed by atoms with Crippen molar-refractivity contribution in [2.75, 3.05) is 0 Å². The summed E-state index contributed by atoms with van der Waals surface area (Å²) in [5.74, 6) is -1.07. The van der Waals surface area contributed by atoms with Gasteiger partial charge >= 0.3 is 5.97 Å². The van der Waals surface area contributed by atoms with Crippen LogP contribution in [0.2, 0.25) is 0 Å². The average molecular weight is 149 g/mol. The monoisotopic (exact) mass is 149 g/mol. The second kappa shape index (κ2) is 2.96. The zero-order valence-corrected chi connectivity index (χ0v) is 6.10. The Morgan fingerprint density at radius 1 is 1.80 bits per heavy atom. The van der Waals surface area contributed by atoms with Gasteiger partial charge in [-0.25, -0.2) is 4.39 Å². The van der Waals surface area contributed by atoms with Crippen LogP contribution in [0.5, 0.6) is 0 Å². The second-order valence-electron chi connectivity index (χ2n) is 2.77. The molecule has 0 amide bonds. The van der Waals surface area contributed by atoms with Crippen molar-refractivity contribution in [1.29, 1.82) is 0 Å². The lowest BCUT2D eigenvalue weighted by atomic mass is 9.99. The van der Waals surface area contributed by atoms with E-state index in [4.69, 9.17) is 10.8 Å². The lowest BCUT2D eigenvalue weighted by Gasteiger charge is -2.20. The van der Waals surface area contributed by atoms with Crippen molar-refractivity contribution in [3.05, 3.63) is 0 Å². The third-order valence-electron chi connectivity index (χ3n) is 1.28. The molecule has 0 spiro atoms. The van der Waals surface area contributed by atoms with Crippen LogP contribution in [0.4, 0.5) is 4.39 Å². The fourth-order valence-corrected chi connectivity index (χ4v) is 0.431. The summed E-state index contributed by atoms with van der Waals surface area (Å²) in [6.45, 7) is 2.53. The highest BCUT2D eigenvalue weighted by molar-refractivity contribution is 5.67. The Labute approximate surface area is 59.0 Å². The van der Waals surface area contributed by atoms with Crippen molar-refractivity contribution in [1.82, 2.24) is 0 Å². The molecule has 0 saturated heterocycles. The van der Waals surface area contributed by atoms with Crippen LogP contribution in [0.25, 0.3) is 0 Å². The molecule has 1 atom stereocenters. The molecule has 1 unspecified atom stereocenters. The maximum atomic E-state index is 12.8. The van der Waals surface area contributed by atoms with E-state index in [1.165, 1.54) is 13.8 Å². The molecule has 0 bridgehead atoms. The van der Waals surface area contributed by atoms with Crippen LogP contribution in [0.15, 0.2) is 0 Å². The second-order valence-corrected chi connectivity index (χ2v) is 2.77. The third-order valence-corrected chi connectivity index (χ3v) is 1.28. The first-order valence-corrected chi connectivity index (χ1v) is 3.00. The van der Waals surface area contributed by atoms with E-state index in [-0.39, 0.29) is 6.42 Å². The molecule has 0 radical (unpaired) electrons. The number of rotatable bonds is 3. The molecule has 60 valence electrons. The lowest BCUT2D eigenvalue weighted by Crippen LogP contribution is -2.41. The Morgan fingerprint density at radius 3 is 2.30 bits per heavy atom. The highest BCUT2D eigenvalue weighted by Crippen LogP contribution is 2.14. The number of carboxylic acids is 1. The molecule has 0 rings (SSSR count). The SMILES string of the molecule is CC(C)(F)C(N)CC(=O)O. The molecular weight excluding hydrogens is 137 g/mol. The maximum absolute atomic E-state index is 12.8. The summed E-state index contributed by atoms with van der Waals surface area (Å²) < 4.78 is 12.8. The van der Waals surface area contributed by atoms with E-state index in [1.807, 2.05) is 0 Å². The van der Waals surface area contributed by atoms with Gasteiger partial charge in [0.25, 0.3) is 0 Å². The van der Waals surface area contributed by atoms with Crippen LogP contribution in [0.1, 0.15) is 20.3 Å². The van der Waals surface area contributed by atoms with Gasteiger partial charge in [-0.2, -0.15) is 0 Å². The number of hydrogen-bond donors (Lipinski definition) is 2. The highest BCUT2D eigenvalue weighted by Gasteiger charge is 2.27. The summed E-state index contributed by atoms with van der Waals surface area (Å²) >= 11 is 0. The number of carbonyl (C=O) groups is 1. The zero-order valence-electron chi connectivity index (χ0n) is 6.10. The van der Waals surface area contributed by atoms with Gasteiger partial charge in [0.05, 0.1) is 6.42 Å². The van der Waals surface area contributed by atoms with E-state index in [1.54, 1.807) is 0 Å². The quantitative estimate of drug-likeness (QED) is 0.615. The molecular formula is C6H12FNO2. The molecule has 0 saturated carbocycles. The predicted octanol–water partition coefficient (Wildman–Crippen LogP) is 0.536. The van der Waals surface area contributed by atoms with Gasteiger partial charge in [0.1, 0.15) is 5.67 Å². The number of hydrogen-bond acceptors (Lipinski definition) is 2. The van der Waals surface area contributed by atoms with Gasteiger partial charge in [-0.15, -0.1) is 0 Å². The van der Waals surface area contributed by atoms with Crippen molar-refractivity contribution in [2.24, 2.45) is 5.73 Å². The standard InChI is InChI=1S/C6H12FNO2/c1-6(2,7)4(8)3-5(9)10/h4H,3,8H2,1-2H3,(H,9,10). The molecule has 0 aromatic rings. The van der Waals surface area contributed by atoms with Gasteiger partial charge in [-0.05, 0) is 13.8 Å². The van der Waals surface area contributed by atoms with Crippen LogP contribution in [-0.2, 0) is 4.79 Å². The minimum atomic E-state index is -1.61. The molecule has 10 heavy (non-hydrogen) atoms. The van der Waals surface area contributed by atoms with E-state index in [2.05, 4.69) is 0 Å². The van der Waals surface area contributed by atoms with Crippen molar-refractivity contribution in [3.8, 4) is 0 Å². The van der Waals surface area contributed by atoms with E-state index in [9.17, 15) is 9.18 Å². The van der Waals surface area contributed by atoms with Crippen LogP contribution in [-0.4, -0.2) is 22.8 Å². The van der Waals surface area contributed by atoms with Gasteiger partial charge in [-0.1, -0.05) is 0 Å². The Bertz CT molecular complexity index is 130. The van der Waals surface area contributed by atoms with E-state index >= 15 is 0 Å². The van der Waals surface area contributed by atoms with E-state index in [0.717, 1.165) is 0 Å². The van der Waals surface area contributed by atoms with Crippen LogP contribution in [0.3, 0.4) is 0 Å². The molecule has 0 fully saturated rings. The first kappa shape index (κ1) is 9.36. The van der Waals surface area contributed by atoms with Gasteiger partial charge in [0, 0.05) is 6.04 Å². The van der Waals surface area contributed by atoms with Gasteiger partial charge in [0.2, 0.25) is 0 Å². The largest absolute Gasteiger partial charge is 0.481 e. The highest BCUT2D eigenvalue weighted by atomic mass is 19.1. The molecule has 3 nitrogen and oxygen atoms in total.